The van der Waals surface area contributed by atoms with E-state index in [9.17, 15) is 4.79 Å². The van der Waals surface area contributed by atoms with E-state index in [1.165, 1.54) is 0 Å². The first-order valence-electron chi connectivity index (χ1n) is 6.42. The molecule has 0 unspecified atom stereocenters. The van der Waals surface area contributed by atoms with Crippen LogP contribution in [0, 0.1) is 19.3 Å². The van der Waals surface area contributed by atoms with Crippen LogP contribution in [0.25, 0.3) is 11.0 Å². The summed E-state index contributed by atoms with van der Waals surface area (Å²) in [7, 11) is 0. The minimum Gasteiger partial charge on any atom is -0.451 e. The fourth-order valence-electron chi connectivity index (χ4n) is 1.92. The highest BCUT2D eigenvalue weighted by molar-refractivity contribution is 5.96. The van der Waals surface area contributed by atoms with Crippen LogP contribution in [0.3, 0.4) is 0 Å². The number of benzene rings is 1. The maximum Gasteiger partial charge on any atom is 0.287 e. The minimum absolute atomic E-state index is 0.172. The lowest BCUT2D eigenvalue weighted by atomic mass is 10.2. The first kappa shape index (κ1) is 13.2. The molecule has 0 bridgehead atoms. The number of nitrogens with one attached hydrogen (secondary N) is 1. The second-order valence-electron chi connectivity index (χ2n) is 4.57. The molecule has 0 saturated carbocycles. The number of unbranched alkanes of at least 4 members (excludes halogenated alkanes) is 2. The smallest absolute Gasteiger partial charge is 0.287 e. The van der Waals surface area contributed by atoms with Crippen LogP contribution < -0.4 is 5.32 Å². The van der Waals surface area contributed by atoms with Gasteiger partial charge < -0.3 is 9.73 Å². The molecule has 2 rings (SSSR count). The molecule has 1 aromatic carbocycles. The second-order valence-corrected chi connectivity index (χ2v) is 4.57. The molecule has 0 radical (unpaired) electrons. The first-order chi connectivity index (χ1) is 9.20. The van der Waals surface area contributed by atoms with E-state index in [2.05, 4.69) is 11.2 Å². The van der Waals surface area contributed by atoms with Crippen molar-refractivity contribution in [2.24, 2.45) is 0 Å². The predicted molar refractivity (Wildman–Crippen MR) is 76.0 cm³/mol. The molecule has 0 aliphatic rings. The fraction of sp³-hybridized carbons (Fsp3) is 0.312. The van der Waals surface area contributed by atoms with Crippen LogP contribution in [0.2, 0.25) is 0 Å². The lowest BCUT2D eigenvalue weighted by Crippen LogP contribution is -2.23. The van der Waals surface area contributed by atoms with Gasteiger partial charge in [-0.3, -0.25) is 4.79 Å². The molecule has 1 amide bonds. The van der Waals surface area contributed by atoms with Crippen molar-refractivity contribution in [1.82, 2.24) is 5.32 Å². The summed E-state index contributed by atoms with van der Waals surface area (Å²) >= 11 is 0. The van der Waals surface area contributed by atoms with Gasteiger partial charge in [0.25, 0.3) is 5.91 Å². The van der Waals surface area contributed by atoms with E-state index in [0.29, 0.717) is 12.3 Å². The van der Waals surface area contributed by atoms with Crippen LogP contribution in [-0.4, -0.2) is 12.5 Å². The largest absolute Gasteiger partial charge is 0.451 e. The Bertz CT molecular complexity index is 619. The Kier molecular flexibility index (Phi) is 4.25. The topological polar surface area (TPSA) is 42.2 Å². The number of carbonyl (C=O) groups excluding carboxylic acids is 1. The zero-order valence-electron chi connectivity index (χ0n) is 11.0. The van der Waals surface area contributed by atoms with E-state index in [0.717, 1.165) is 35.8 Å². The SMILES string of the molecule is C#CCCCCNC(=O)c1cc2cc(C)ccc2o1. The van der Waals surface area contributed by atoms with Crippen LogP contribution in [0.5, 0.6) is 0 Å². The van der Waals surface area contributed by atoms with Gasteiger partial charge >= 0.3 is 0 Å². The molecule has 1 aromatic heterocycles. The third kappa shape index (κ3) is 3.38. The molecule has 0 aliphatic carbocycles. The summed E-state index contributed by atoms with van der Waals surface area (Å²) < 4.78 is 5.52. The third-order valence-electron chi connectivity index (χ3n) is 2.93. The quantitative estimate of drug-likeness (QED) is 0.658. The zero-order chi connectivity index (χ0) is 13.7. The second kappa shape index (κ2) is 6.10. The molecule has 3 nitrogen and oxygen atoms in total. The summed E-state index contributed by atoms with van der Waals surface area (Å²) in [5.41, 5.74) is 1.89. The lowest BCUT2D eigenvalue weighted by molar-refractivity contribution is 0.0927. The Hall–Kier alpha value is -2.21. The Labute approximate surface area is 113 Å². The van der Waals surface area contributed by atoms with Gasteiger partial charge in [0.2, 0.25) is 0 Å². The molecule has 0 saturated heterocycles. The summed E-state index contributed by atoms with van der Waals surface area (Å²) in [6.45, 7) is 2.63. The summed E-state index contributed by atoms with van der Waals surface area (Å²) in [4.78, 5) is 11.9. The van der Waals surface area contributed by atoms with Gasteiger partial charge in [0.1, 0.15) is 5.58 Å². The molecule has 0 atom stereocenters. The van der Waals surface area contributed by atoms with Gasteiger partial charge in [-0.2, -0.15) is 0 Å². The van der Waals surface area contributed by atoms with Crippen molar-refractivity contribution in [3.05, 3.63) is 35.6 Å². The van der Waals surface area contributed by atoms with Crippen molar-refractivity contribution in [1.29, 1.82) is 0 Å². The van der Waals surface area contributed by atoms with Crippen molar-refractivity contribution >= 4 is 16.9 Å². The van der Waals surface area contributed by atoms with E-state index < -0.39 is 0 Å². The summed E-state index contributed by atoms with van der Waals surface area (Å²) in [5.74, 6) is 2.77. The Balaban J connectivity index is 1.96. The van der Waals surface area contributed by atoms with Crippen molar-refractivity contribution in [3.63, 3.8) is 0 Å². The number of hydrogen-bond acceptors (Lipinski definition) is 2. The molecule has 1 N–H and O–H groups in total. The predicted octanol–water partition coefficient (Wildman–Crippen LogP) is 3.27. The number of furan rings is 1. The maximum atomic E-state index is 11.9. The number of rotatable bonds is 5. The highest BCUT2D eigenvalue weighted by Crippen LogP contribution is 2.20. The average Bonchev–Trinajstić information content (AvgIpc) is 2.81. The van der Waals surface area contributed by atoms with Crippen LogP contribution in [-0.2, 0) is 0 Å². The van der Waals surface area contributed by atoms with Gasteiger partial charge in [-0.25, -0.2) is 0 Å². The van der Waals surface area contributed by atoms with E-state index in [1.807, 2.05) is 25.1 Å². The van der Waals surface area contributed by atoms with Crippen LogP contribution in [0.4, 0.5) is 0 Å². The van der Waals surface area contributed by atoms with E-state index in [1.54, 1.807) is 6.07 Å². The van der Waals surface area contributed by atoms with E-state index in [4.69, 9.17) is 10.8 Å². The van der Waals surface area contributed by atoms with Crippen molar-refractivity contribution in [3.8, 4) is 12.3 Å². The molecule has 1 heterocycles. The molecule has 0 spiro atoms. The Morgan fingerprint density at radius 3 is 3.00 bits per heavy atom. The summed E-state index contributed by atoms with van der Waals surface area (Å²) in [5, 5.41) is 3.79. The number of aryl methyl sites for hydroxylation is 1. The number of terminal acetylenes is 1. The number of carbonyl (C=O) groups is 1. The van der Waals surface area contributed by atoms with E-state index >= 15 is 0 Å². The molecular formula is C16H17NO2. The molecule has 19 heavy (non-hydrogen) atoms. The van der Waals surface area contributed by atoms with Crippen molar-refractivity contribution in [2.75, 3.05) is 6.54 Å². The van der Waals surface area contributed by atoms with Crippen LogP contribution in [0.15, 0.2) is 28.7 Å². The first-order valence-corrected chi connectivity index (χ1v) is 6.42. The number of hydrogen-bond donors (Lipinski definition) is 1. The highest BCUT2D eigenvalue weighted by atomic mass is 16.3. The van der Waals surface area contributed by atoms with Crippen molar-refractivity contribution < 1.29 is 9.21 Å². The van der Waals surface area contributed by atoms with Gasteiger partial charge in [-0.1, -0.05) is 11.6 Å². The normalized spacial score (nSPS) is 10.3. The van der Waals surface area contributed by atoms with Gasteiger partial charge in [0, 0.05) is 18.4 Å². The van der Waals surface area contributed by atoms with Crippen molar-refractivity contribution in [2.45, 2.75) is 26.2 Å². The average molecular weight is 255 g/mol. The lowest BCUT2D eigenvalue weighted by Gasteiger charge is -2.01. The molecule has 98 valence electrons. The molecule has 0 aliphatic heterocycles. The van der Waals surface area contributed by atoms with Gasteiger partial charge in [0.05, 0.1) is 0 Å². The number of fused-ring (bicyclic) bond motifs is 1. The van der Waals surface area contributed by atoms with E-state index in [-0.39, 0.29) is 5.91 Å². The Morgan fingerprint density at radius 2 is 2.21 bits per heavy atom. The monoisotopic (exact) mass is 255 g/mol. The zero-order valence-corrected chi connectivity index (χ0v) is 11.0. The van der Waals surface area contributed by atoms with Gasteiger partial charge in [0.15, 0.2) is 5.76 Å². The van der Waals surface area contributed by atoms with Gasteiger partial charge in [-0.05, 0) is 38.0 Å². The molecule has 2 aromatic rings. The Morgan fingerprint density at radius 1 is 1.37 bits per heavy atom. The van der Waals surface area contributed by atoms with Crippen LogP contribution in [0.1, 0.15) is 35.4 Å². The standard InChI is InChI=1S/C16H17NO2/c1-3-4-5-6-9-17-16(18)15-11-13-10-12(2)7-8-14(13)19-15/h1,7-8,10-11H,4-6,9H2,2H3,(H,17,18). The summed E-state index contributed by atoms with van der Waals surface area (Å²) in [6.07, 6.45) is 7.73. The van der Waals surface area contributed by atoms with Gasteiger partial charge in [-0.15, -0.1) is 12.3 Å². The molecular weight excluding hydrogens is 238 g/mol. The molecule has 3 heteroatoms. The highest BCUT2D eigenvalue weighted by Gasteiger charge is 2.11. The number of amides is 1. The fourth-order valence-corrected chi connectivity index (χ4v) is 1.92. The third-order valence-corrected chi connectivity index (χ3v) is 2.93. The van der Waals surface area contributed by atoms with Crippen LogP contribution >= 0.6 is 0 Å². The molecule has 0 fully saturated rings. The summed E-state index contributed by atoms with van der Waals surface area (Å²) in [6, 6.07) is 7.63. The minimum atomic E-state index is -0.172. The maximum absolute atomic E-state index is 11.9.